The van der Waals surface area contributed by atoms with Gasteiger partial charge in [0.15, 0.2) is 0 Å². The van der Waals surface area contributed by atoms with Crippen molar-refractivity contribution in [3.8, 4) is 0 Å². The molecule has 0 saturated carbocycles. The molecule has 0 spiro atoms. The topological polar surface area (TPSA) is 350 Å². The molecule has 632 valence electrons. The number of benzene rings is 1. The number of hydrogen-bond acceptors (Lipinski definition) is 20. The quantitative estimate of drug-likeness (QED) is 0.0228. The fourth-order valence-electron chi connectivity index (χ4n) is 11.7. The van der Waals surface area contributed by atoms with E-state index >= 15 is 0 Å². The number of rotatable bonds is 68. The first-order valence-electron chi connectivity index (χ1n) is 41.9. The fourth-order valence-corrected chi connectivity index (χ4v) is 11.7. The van der Waals surface area contributed by atoms with Gasteiger partial charge in [0.25, 0.3) is 0 Å². The van der Waals surface area contributed by atoms with Gasteiger partial charge in [-0.05, 0) is 171 Å². The first-order valence-corrected chi connectivity index (χ1v) is 41.9. The highest BCUT2D eigenvalue weighted by Gasteiger charge is 2.34. The van der Waals surface area contributed by atoms with E-state index in [4.69, 9.17) is 21.9 Å². The zero-order chi connectivity index (χ0) is 81.8. The number of nitrogens with one attached hydrogen (secondary N) is 6. The maximum absolute atomic E-state index is 14.4. The van der Waals surface area contributed by atoms with Gasteiger partial charge in [-0.15, -0.1) is 0 Å². The van der Waals surface area contributed by atoms with E-state index in [0.29, 0.717) is 71.6 Å². The van der Waals surface area contributed by atoms with Gasteiger partial charge in [0, 0.05) is 141 Å². The molecule has 109 heavy (non-hydrogen) atoms. The highest BCUT2D eigenvalue weighted by Crippen LogP contribution is 2.24. The molecule has 1 aromatic rings. The van der Waals surface area contributed by atoms with Crippen LogP contribution < -0.4 is 49.1 Å². The van der Waals surface area contributed by atoms with Crippen LogP contribution in [0.5, 0.6) is 0 Å². The van der Waals surface area contributed by atoms with Crippen molar-refractivity contribution >= 4 is 58.8 Å². The van der Waals surface area contributed by atoms with Gasteiger partial charge in [-0.1, -0.05) is 137 Å². The van der Waals surface area contributed by atoms with Crippen LogP contribution in [-0.2, 0) is 59.3 Å². The van der Waals surface area contributed by atoms with Crippen molar-refractivity contribution in [1.82, 2.24) is 61.3 Å². The lowest BCUT2D eigenvalue weighted by molar-refractivity contribution is -0.147. The number of amides is 6. The third-order valence-electron chi connectivity index (χ3n) is 19.2. The van der Waals surface area contributed by atoms with E-state index in [9.17, 15) is 47.9 Å². The van der Waals surface area contributed by atoms with E-state index in [1.54, 1.807) is 13.8 Å². The SMILES string of the molecule is CCCCCCNC(=O)CC(CC(=O)CC(C)C(=O)NCCCCCC)C(=O)CC(CC(=O)CC(CC(=O)NCCCN(C)CCN(C)CCCN)C(=O)NCCCC)C(=O)NCCCN(C)CCN(C)CCCN.CCCCN(C)CCN(C)CCCN.CCCCNC(=O)C(C)CC(=O)OCc1ccccc1. The molecule has 12 N–H and O–H groups in total. The van der Waals surface area contributed by atoms with Gasteiger partial charge in [-0.25, -0.2) is 0 Å². The molecule has 0 saturated heterocycles. The number of ketones is 3. The monoisotopic (exact) mass is 1540 g/mol. The molecule has 1 rings (SSSR count). The Morgan fingerprint density at radius 3 is 1.06 bits per heavy atom. The molecule has 0 aromatic heterocycles. The number of carbonyl (C=O) groups excluding carboxylic acids is 10. The van der Waals surface area contributed by atoms with Gasteiger partial charge in [-0.3, -0.25) is 47.9 Å². The van der Waals surface area contributed by atoms with Crippen LogP contribution in [0.3, 0.4) is 0 Å². The van der Waals surface area contributed by atoms with Crippen LogP contribution in [0.1, 0.15) is 227 Å². The standard InChI is InChI=1S/C56H109N11O8.C16H23NO3.C11H27N3/c1-9-12-15-17-26-59-52(71)43-46(39-49(68)38-45(4)54(73)61-27-18-16-13-10-2)51(70)42-47(55(74)63-29-22-33-67(8)37-35-65(6)31-20-24-58)40-50(69)41-48(56(75)62-25-14-11-3)44-53(72)60-28-21-32-66(7)36-34-64(5)30-19-23-57;1-3-4-10-17-16(19)13(2)11-15(18)20-12-14-8-6-5-7-9-14;1-4-5-8-13(2)10-11-14(3)9-6-7-12/h45-48H,9-44,57-58H2,1-8H3,(H,59,71)(H,60,72)(H,61,73)(H,62,75)(H,63,74);5-9,13H,3-4,10-12H2,1-2H3,(H,17,19);4-12H2,1-3H3. The Labute approximate surface area is 660 Å². The summed E-state index contributed by atoms with van der Waals surface area (Å²) in [5.74, 6) is -8.00. The number of likely N-dealkylation sites (N-methyl/N-ethyl adjacent to an activating group) is 6. The minimum Gasteiger partial charge on any atom is -0.461 e. The third kappa shape index (κ3) is 62.4. The van der Waals surface area contributed by atoms with Crippen LogP contribution in [0.4, 0.5) is 0 Å². The highest BCUT2D eigenvalue weighted by atomic mass is 16.5. The molecule has 0 heterocycles. The van der Waals surface area contributed by atoms with Crippen LogP contribution in [0.2, 0.25) is 0 Å². The zero-order valence-corrected chi connectivity index (χ0v) is 70.8. The highest BCUT2D eigenvalue weighted by molar-refractivity contribution is 5.97. The normalized spacial score (nSPS) is 12.7. The van der Waals surface area contributed by atoms with Gasteiger partial charge in [0.1, 0.15) is 24.0 Å². The van der Waals surface area contributed by atoms with E-state index in [-0.39, 0.29) is 93.5 Å². The van der Waals surface area contributed by atoms with Crippen molar-refractivity contribution in [1.29, 1.82) is 0 Å². The molecule has 6 amide bonds. The van der Waals surface area contributed by atoms with E-state index < -0.39 is 59.4 Å². The molecule has 0 fully saturated rings. The van der Waals surface area contributed by atoms with Crippen LogP contribution in [-0.4, -0.2) is 268 Å². The smallest absolute Gasteiger partial charge is 0.306 e. The summed E-state index contributed by atoms with van der Waals surface area (Å²) in [6.45, 7) is 30.2. The van der Waals surface area contributed by atoms with E-state index in [2.05, 4.69) is 117 Å². The van der Waals surface area contributed by atoms with Gasteiger partial charge >= 0.3 is 5.97 Å². The van der Waals surface area contributed by atoms with Crippen molar-refractivity contribution in [3.63, 3.8) is 0 Å². The van der Waals surface area contributed by atoms with Crippen molar-refractivity contribution in [3.05, 3.63) is 35.9 Å². The molecule has 5 unspecified atom stereocenters. The minimum absolute atomic E-state index is 0.0879. The third-order valence-corrected chi connectivity index (χ3v) is 19.2. The summed E-state index contributed by atoms with van der Waals surface area (Å²) < 4.78 is 5.16. The van der Waals surface area contributed by atoms with Crippen LogP contribution in [0, 0.1) is 29.6 Å². The Morgan fingerprint density at radius 1 is 0.330 bits per heavy atom. The van der Waals surface area contributed by atoms with Gasteiger partial charge in [0.2, 0.25) is 35.4 Å². The molecular weight excluding hydrogens is 1380 g/mol. The summed E-state index contributed by atoms with van der Waals surface area (Å²) in [5, 5.41) is 17.3. The lowest BCUT2D eigenvalue weighted by atomic mass is 9.83. The summed E-state index contributed by atoms with van der Waals surface area (Å²) in [5.41, 5.74) is 17.7. The first kappa shape index (κ1) is 105. The zero-order valence-electron chi connectivity index (χ0n) is 70.8. The average molecular weight is 1540 g/mol. The molecule has 26 nitrogen and oxygen atoms in total. The lowest BCUT2D eigenvalue weighted by Crippen LogP contribution is -2.39. The predicted octanol–water partition coefficient (Wildman–Crippen LogP) is 7.33. The largest absolute Gasteiger partial charge is 0.461 e. The van der Waals surface area contributed by atoms with Crippen molar-refractivity contribution in [2.45, 2.75) is 228 Å². The maximum atomic E-state index is 14.4. The first-order chi connectivity index (χ1) is 52.2. The second-order valence-electron chi connectivity index (χ2n) is 30.2. The number of unbranched alkanes of at least 4 members (excludes halogenated alkanes) is 9. The van der Waals surface area contributed by atoms with Gasteiger partial charge < -0.3 is 83.2 Å². The number of esters is 1. The van der Waals surface area contributed by atoms with Crippen molar-refractivity contribution < 1.29 is 52.7 Å². The van der Waals surface area contributed by atoms with Crippen LogP contribution >= 0.6 is 0 Å². The Morgan fingerprint density at radius 2 is 0.651 bits per heavy atom. The molecule has 5 atom stereocenters. The average Bonchev–Trinajstić information content (AvgIpc) is 0.865. The lowest BCUT2D eigenvalue weighted by Gasteiger charge is -2.23. The van der Waals surface area contributed by atoms with Gasteiger partial charge in [0.05, 0.1) is 18.3 Å². The minimum atomic E-state index is -1.17. The molecule has 0 radical (unpaired) electrons. The van der Waals surface area contributed by atoms with Crippen LogP contribution in [0.15, 0.2) is 30.3 Å². The molecular formula is C83H159N15O11. The number of nitrogens with two attached hydrogens (primary N) is 3. The second kappa shape index (κ2) is 71.2. The number of Topliss-reactive ketones (excluding diaryl/α,β-unsaturated/α-hetero) is 3. The molecule has 1 aromatic carbocycles. The van der Waals surface area contributed by atoms with E-state index in [1.807, 2.05) is 51.4 Å². The molecule has 0 bridgehead atoms. The Bertz CT molecular complexity index is 2510. The summed E-state index contributed by atoms with van der Waals surface area (Å²) in [4.78, 5) is 146. The Hall–Kier alpha value is -5.84. The molecule has 0 aliphatic heterocycles. The Kier molecular flexibility index (Phi) is 68.7. The number of hydrogen-bond donors (Lipinski definition) is 9. The maximum Gasteiger partial charge on any atom is 0.306 e. The number of carbonyl (C=O) groups is 10. The molecule has 26 heteroatoms. The fraction of sp³-hybridized carbons (Fsp3) is 0.807. The van der Waals surface area contributed by atoms with Gasteiger partial charge in [-0.2, -0.15) is 0 Å². The van der Waals surface area contributed by atoms with Crippen LogP contribution in [0.25, 0.3) is 0 Å². The van der Waals surface area contributed by atoms with E-state index in [1.165, 1.54) is 25.9 Å². The predicted molar refractivity (Wildman–Crippen MR) is 443 cm³/mol. The summed E-state index contributed by atoms with van der Waals surface area (Å²) in [7, 11) is 12.5. The van der Waals surface area contributed by atoms with Crippen molar-refractivity contribution in [2.24, 2.45) is 46.8 Å². The number of nitrogens with zero attached hydrogens (tertiary/aromatic N) is 6. The molecule has 0 aliphatic carbocycles. The second-order valence-corrected chi connectivity index (χ2v) is 30.2. The Balaban J connectivity index is 0. The summed E-state index contributed by atoms with van der Waals surface area (Å²) in [6.07, 6.45) is 16.1. The number of ether oxygens (including phenoxy) is 1. The van der Waals surface area contributed by atoms with Crippen molar-refractivity contribution in [2.75, 3.05) is 180 Å². The summed E-state index contributed by atoms with van der Waals surface area (Å²) >= 11 is 0. The molecule has 0 aliphatic rings. The summed E-state index contributed by atoms with van der Waals surface area (Å²) in [6, 6.07) is 9.50. The van der Waals surface area contributed by atoms with E-state index in [0.717, 1.165) is 161 Å².